The van der Waals surface area contributed by atoms with Crippen molar-refractivity contribution in [3.63, 3.8) is 0 Å². The number of hydrogen-bond donors (Lipinski definition) is 2. The molecule has 20 heavy (non-hydrogen) atoms. The number of halogens is 1. The van der Waals surface area contributed by atoms with Gasteiger partial charge in [-0.15, -0.1) is 12.4 Å². The maximum atomic E-state index is 12.1. The first-order valence-electron chi connectivity index (χ1n) is 6.34. The average Bonchev–Trinajstić information content (AvgIpc) is 2.86. The van der Waals surface area contributed by atoms with E-state index in [9.17, 15) is 9.59 Å². The minimum Gasteiger partial charge on any atom is -0.465 e. The summed E-state index contributed by atoms with van der Waals surface area (Å²) in [5.74, 6) is -0.619. The van der Waals surface area contributed by atoms with Crippen LogP contribution < -0.4 is 11.1 Å². The first-order valence-corrected chi connectivity index (χ1v) is 6.34. The van der Waals surface area contributed by atoms with Crippen LogP contribution in [0.15, 0.2) is 24.3 Å². The maximum Gasteiger partial charge on any atom is 0.337 e. The van der Waals surface area contributed by atoms with Crippen molar-refractivity contribution >= 4 is 30.0 Å². The zero-order valence-corrected chi connectivity index (χ0v) is 12.2. The molecule has 0 saturated heterocycles. The van der Waals surface area contributed by atoms with E-state index in [1.807, 2.05) is 0 Å². The standard InChI is InChI=1S/C14H18N2O3.ClH/c1-19-12(17)10-5-4-6-11(9-10)16-13(18)14(15)7-2-3-8-14;/h4-6,9H,2-3,7-8,15H2,1H3,(H,16,18);1H. The van der Waals surface area contributed by atoms with Gasteiger partial charge in [-0.1, -0.05) is 18.9 Å². The first-order chi connectivity index (χ1) is 9.05. The van der Waals surface area contributed by atoms with Crippen molar-refractivity contribution in [1.29, 1.82) is 0 Å². The Hall–Kier alpha value is -1.59. The van der Waals surface area contributed by atoms with Crippen molar-refractivity contribution in [3.05, 3.63) is 29.8 Å². The molecule has 1 aliphatic rings. The molecule has 0 aromatic heterocycles. The Bertz CT molecular complexity index is 499. The van der Waals surface area contributed by atoms with E-state index >= 15 is 0 Å². The van der Waals surface area contributed by atoms with E-state index in [0.29, 0.717) is 24.1 Å². The van der Waals surface area contributed by atoms with Gasteiger partial charge in [-0.05, 0) is 31.0 Å². The van der Waals surface area contributed by atoms with Gasteiger partial charge in [0.15, 0.2) is 0 Å². The predicted molar refractivity (Wildman–Crippen MR) is 79.0 cm³/mol. The molecule has 5 nitrogen and oxygen atoms in total. The number of anilines is 1. The fourth-order valence-electron chi connectivity index (χ4n) is 2.33. The van der Waals surface area contributed by atoms with Gasteiger partial charge in [0.2, 0.25) is 5.91 Å². The van der Waals surface area contributed by atoms with E-state index in [0.717, 1.165) is 12.8 Å². The van der Waals surface area contributed by atoms with E-state index in [-0.39, 0.29) is 18.3 Å². The number of nitrogens with one attached hydrogen (secondary N) is 1. The Morgan fingerprint density at radius 1 is 1.30 bits per heavy atom. The van der Waals surface area contributed by atoms with Crippen LogP contribution >= 0.6 is 12.4 Å². The number of nitrogens with two attached hydrogens (primary N) is 1. The second-order valence-electron chi connectivity index (χ2n) is 4.89. The summed E-state index contributed by atoms with van der Waals surface area (Å²) in [6.07, 6.45) is 3.36. The van der Waals surface area contributed by atoms with Crippen LogP contribution in [0.1, 0.15) is 36.0 Å². The number of rotatable bonds is 3. The fraction of sp³-hybridized carbons (Fsp3) is 0.429. The lowest BCUT2D eigenvalue weighted by atomic mass is 9.98. The lowest BCUT2D eigenvalue weighted by molar-refractivity contribution is -0.121. The van der Waals surface area contributed by atoms with Crippen molar-refractivity contribution in [1.82, 2.24) is 0 Å². The zero-order chi connectivity index (χ0) is 13.9. The first kappa shape index (κ1) is 16.5. The van der Waals surface area contributed by atoms with E-state index in [1.54, 1.807) is 24.3 Å². The lowest BCUT2D eigenvalue weighted by Gasteiger charge is -2.22. The number of amides is 1. The summed E-state index contributed by atoms with van der Waals surface area (Å²) in [7, 11) is 1.32. The Morgan fingerprint density at radius 2 is 1.95 bits per heavy atom. The Balaban J connectivity index is 0.00000200. The molecule has 0 heterocycles. The molecule has 1 amide bonds. The van der Waals surface area contributed by atoms with Gasteiger partial charge in [0.25, 0.3) is 0 Å². The highest BCUT2D eigenvalue weighted by atomic mass is 35.5. The minimum atomic E-state index is -0.777. The van der Waals surface area contributed by atoms with Crippen LogP contribution in [0.2, 0.25) is 0 Å². The summed E-state index contributed by atoms with van der Waals surface area (Å²) >= 11 is 0. The topological polar surface area (TPSA) is 81.4 Å². The van der Waals surface area contributed by atoms with Gasteiger partial charge >= 0.3 is 5.97 Å². The summed E-state index contributed by atoms with van der Waals surface area (Å²) in [6, 6.07) is 6.64. The second kappa shape index (κ2) is 6.72. The fourth-order valence-corrected chi connectivity index (χ4v) is 2.33. The van der Waals surface area contributed by atoms with Gasteiger partial charge in [0.1, 0.15) is 0 Å². The molecular weight excluding hydrogens is 280 g/mol. The quantitative estimate of drug-likeness (QED) is 0.837. The Morgan fingerprint density at radius 3 is 2.55 bits per heavy atom. The molecule has 2 rings (SSSR count). The molecule has 110 valence electrons. The van der Waals surface area contributed by atoms with Gasteiger partial charge in [-0.3, -0.25) is 4.79 Å². The van der Waals surface area contributed by atoms with Crippen molar-refractivity contribution in [2.75, 3.05) is 12.4 Å². The summed E-state index contributed by atoms with van der Waals surface area (Å²) < 4.78 is 4.64. The molecule has 3 N–H and O–H groups in total. The van der Waals surface area contributed by atoms with E-state index in [4.69, 9.17) is 5.73 Å². The molecule has 0 radical (unpaired) electrons. The van der Waals surface area contributed by atoms with Crippen LogP contribution in [0.3, 0.4) is 0 Å². The molecule has 1 fully saturated rings. The van der Waals surface area contributed by atoms with Gasteiger partial charge in [0, 0.05) is 5.69 Å². The molecule has 0 aliphatic heterocycles. The minimum absolute atomic E-state index is 0. The zero-order valence-electron chi connectivity index (χ0n) is 11.3. The SMILES string of the molecule is COC(=O)c1cccc(NC(=O)C2(N)CCCC2)c1.Cl. The van der Waals surface area contributed by atoms with Gasteiger partial charge < -0.3 is 15.8 Å². The van der Waals surface area contributed by atoms with Gasteiger partial charge in [-0.2, -0.15) is 0 Å². The second-order valence-corrected chi connectivity index (χ2v) is 4.89. The highest BCUT2D eigenvalue weighted by Gasteiger charge is 2.36. The number of carbonyl (C=O) groups is 2. The highest BCUT2D eigenvalue weighted by Crippen LogP contribution is 2.28. The molecule has 0 unspecified atom stereocenters. The smallest absolute Gasteiger partial charge is 0.337 e. The van der Waals surface area contributed by atoms with Crippen molar-refractivity contribution in [2.24, 2.45) is 5.73 Å². The van der Waals surface area contributed by atoms with Crippen LogP contribution in [0, 0.1) is 0 Å². The van der Waals surface area contributed by atoms with Crippen molar-refractivity contribution < 1.29 is 14.3 Å². The largest absolute Gasteiger partial charge is 0.465 e. The third kappa shape index (κ3) is 3.49. The number of benzene rings is 1. The number of methoxy groups -OCH3 is 1. The predicted octanol–water partition coefficient (Wildman–Crippen LogP) is 2.10. The number of esters is 1. The normalized spacial score (nSPS) is 16.1. The highest BCUT2D eigenvalue weighted by molar-refractivity contribution is 5.99. The maximum absolute atomic E-state index is 12.1. The lowest BCUT2D eigenvalue weighted by Crippen LogP contribution is -2.48. The molecule has 1 aromatic rings. The molecule has 1 aliphatic carbocycles. The van der Waals surface area contributed by atoms with E-state index < -0.39 is 11.5 Å². The molecule has 1 aromatic carbocycles. The molecular formula is C14H19ClN2O3. The number of hydrogen-bond acceptors (Lipinski definition) is 4. The van der Waals surface area contributed by atoms with E-state index in [2.05, 4.69) is 10.1 Å². The monoisotopic (exact) mass is 298 g/mol. The van der Waals surface area contributed by atoms with E-state index in [1.165, 1.54) is 7.11 Å². The van der Waals surface area contributed by atoms with Crippen LogP contribution in [-0.2, 0) is 9.53 Å². The summed E-state index contributed by atoms with van der Waals surface area (Å²) in [5.41, 5.74) is 6.25. The van der Waals surface area contributed by atoms with Crippen LogP contribution in [0.4, 0.5) is 5.69 Å². The molecule has 0 bridgehead atoms. The number of ether oxygens (including phenoxy) is 1. The summed E-state index contributed by atoms with van der Waals surface area (Å²) in [5, 5.41) is 2.77. The molecule has 0 spiro atoms. The van der Waals surface area contributed by atoms with Crippen molar-refractivity contribution in [2.45, 2.75) is 31.2 Å². The third-order valence-electron chi connectivity index (χ3n) is 3.49. The summed E-state index contributed by atoms with van der Waals surface area (Å²) in [4.78, 5) is 23.5. The Kier molecular flexibility index (Phi) is 5.53. The molecule has 6 heteroatoms. The third-order valence-corrected chi connectivity index (χ3v) is 3.49. The van der Waals surface area contributed by atoms with Gasteiger partial charge in [-0.25, -0.2) is 4.79 Å². The summed E-state index contributed by atoms with van der Waals surface area (Å²) in [6.45, 7) is 0. The number of carbonyl (C=O) groups excluding carboxylic acids is 2. The Labute approximate surface area is 124 Å². The molecule has 1 saturated carbocycles. The van der Waals surface area contributed by atoms with Crippen LogP contribution in [-0.4, -0.2) is 24.5 Å². The van der Waals surface area contributed by atoms with Gasteiger partial charge in [0.05, 0.1) is 18.2 Å². The average molecular weight is 299 g/mol. The van der Waals surface area contributed by atoms with Crippen LogP contribution in [0.25, 0.3) is 0 Å². The van der Waals surface area contributed by atoms with Crippen molar-refractivity contribution in [3.8, 4) is 0 Å². The molecule has 0 atom stereocenters. The van der Waals surface area contributed by atoms with Crippen LogP contribution in [0.5, 0.6) is 0 Å².